The summed E-state index contributed by atoms with van der Waals surface area (Å²) in [6.07, 6.45) is 1.06. The maximum Gasteiger partial charge on any atom is 0.0613 e. The molecule has 3 heteroatoms. The first kappa shape index (κ1) is 12.7. The lowest BCUT2D eigenvalue weighted by atomic mass is 10.1. The molecule has 0 heterocycles. The van der Waals surface area contributed by atoms with Crippen LogP contribution in [0.2, 0.25) is 0 Å². The van der Waals surface area contributed by atoms with Crippen LogP contribution in [0.15, 0.2) is 28.7 Å². The average Bonchev–Trinajstić information content (AvgIpc) is 2.21. The van der Waals surface area contributed by atoms with Crippen LogP contribution in [0.25, 0.3) is 0 Å². The molecular formula is C12H18BrNO. The van der Waals surface area contributed by atoms with E-state index in [0.29, 0.717) is 6.04 Å². The van der Waals surface area contributed by atoms with E-state index in [1.165, 1.54) is 5.56 Å². The highest BCUT2D eigenvalue weighted by molar-refractivity contribution is 9.10. The van der Waals surface area contributed by atoms with Crippen molar-refractivity contribution in [3.63, 3.8) is 0 Å². The molecule has 0 saturated carbocycles. The van der Waals surface area contributed by atoms with Gasteiger partial charge in [-0.3, -0.25) is 0 Å². The quantitative estimate of drug-likeness (QED) is 0.859. The molecule has 0 fully saturated rings. The van der Waals surface area contributed by atoms with E-state index >= 15 is 0 Å². The third kappa shape index (κ3) is 5.30. The number of hydrogen-bond acceptors (Lipinski definition) is 2. The van der Waals surface area contributed by atoms with Gasteiger partial charge in [0.05, 0.1) is 6.61 Å². The monoisotopic (exact) mass is 271 g/mol. The Bertz CT molecular complexity index is 273. The molecule has 2 nitrogen and oxygen atoms in total. The maximum atomic E-state index is 5.05. The Morgan fingerprint density at radius 3 is 2.60 bits per heavy atom. The van der Waals surface area contributed by atoms with Gasteiger partial charge < -0.3 is 10.1 Å². The molecule has 1 atom stereocenters. The van der Waals surface area contributed by atoms with Crippen LogP contribution >= 0.6 is 15.9 Å². The van der Waals surface area contributed by atoms with Gasteiger partial charge in [-0.15, -0.1) is 0 Å². The number of halogens is 1. The molecule has 1 aromatic rings. The van der Waals surface area contributed by atoms with Gasteiger partial charge in [-0.1, -0.05) is 28.1 Å². The smallest absolute Gasteiger partial charge is 0.0613 e. The van der Waals surface area contributed by atoms with Crippen LogP contribution < -0.4 is 5.32 Å². The van der Waals surface area contributed by atoms with Crippen molar-refractivity contribution in [2.45, 2.75) is 19.4 Å². The van der Waals surface area contributed by atoms with Crippen molar-refractivity contribution in [3.05, 3.63) is 34.3 Å². The maximum absolute atomic E-state index is 5.05. The lowest BCUT2D eigenvalue weighted by Gasteiger charge is -2.12. The number of methoxy groups -OCH3 is 1. The van der Waals surface area contributed by atoms with Crippen LogP contribution in [-0.2, 0) is 11.2 Å². The highest BCUT2D eigenvalue weighted by Crippen LogP contribution is 2.10. The standard InChI is InChI=1S/C12H18BrNO/c1-10(9-15-2)14-8-7-11-3-5-12(13)6-4-11/h3-6,10,14H,7-9H2,1-2H3. The van der Waals surface area contributed by atoms with E-state index in [4.69, 9.17) is 4.74 Å². The molecule has 1 unspecified atom stereocenters. The fraction of sp³-hybridized carbons (Fsp3) is 0.500. The van der Waals surface area contributed by atoms with Crippen molar-refractivity contribution < 1.29 is 4.74 Å². The predicted octanol–water partition coefficient (Wildman–Crippen LogP) is 2.62. The molecule has 0 bridgehead atoms. The third-order valence-corrected chi connectivity index (χ3v) is 2.77. The van der Waals surface area contributed by atoms with Crippen LogP contribution in [0.5, 0.6) is 0 Å². The highest BCUT2D eigenvalue weighted by atomic mass is 79.9. The van der Waals surface area contributed by atoms with Crippen LogP contribution in [0.4, 0.5) is 0 Å². The van der Waals surface area contributed by atoms with Crippen molar-refractivity contribution in [1.29, 1.82) is 0 Å². The van der Waals surface area contributed by atoms with Gasteiger partial charge in [0.25, 0.3) is 0 Å². The average molecular weight is 272 g/mol. The normalized spacial score (nSPS) is 12.7. The molecule has 0 aliphatic rings. The summed E-state index contributed by atoms with van der Waals surface area (Å²) in [6, 6.07) is 8.87. The molecule has 0 aliphatic heterocycles. The van der Waals surface area contributed by atoms with Gasteiger partial charge in [0, 0.05) is 17.6 Å². The molecule has 15 heavy (non-hydrogen) atoms. The largest absolute Gasteiger partial charge is 0.383 e. The van der Waals surface area contributed by atoms with Crippen molar-refractivity contribution >= 4 is 15.9 Å². The minimum atomic E-state index is 0.422. The second-order valence-electron chi connectivity index (χ2n) is 3.69. The Hall–Kier alpha value is -0.380. The van der Waals surface area contributed by atoms with Gasteiger partial charge in [-0.05, 0) is 37.6 Å². The molecule has 1 rings (SSSR count). The summed E-state index contributed by atoms with van der Waals surface area (Å²) in [5, 5.41) is 3.41. The Morgan fingerprint density at radius 1 is 1.33 bits per heavy atom. The zero-order chi connectivity index (χ0) is 11.1. The minimum Gasteiger partial charge on any atom is -0.383 e. The number of rotatable bonds is 6. The summed E-state index contributed by atoms with van der Waals surface area (Å²) in [5.74, 6) is 0. The van der Waals surface area contributed by atoms with Gasteiger partial charge in [0.2, 0.25) is 0 Å². The lowest BCUT2D eigenvalue weighted by molar-refractivity contribution is 0.172. The second kappa shape index (κ2) is 6.99. The summed E-state index contributed by atoms with van der Waals surface area (Å²) < 4.78 is 6.18. The van der Waals surface area contributed by atoms with Gasteiger partial charge in [0.1, 0.15) is 0 Å². The number of benzene rings is 1. The highest BCUT2D eigenvalue weighted by Gasteiger charge is 1.99. The molecular weight excluding hydrogens is 254 g/mol. The topological polar surface area (TPSA) is 21.3 Å². The molecule has 1 N–H and O–H groups in total. The third-order valence-electron chi connectivity index (χ3n) is 2.24. The summed E-state index contributed by atoms with van der Waals surface area (Å²) >= 11 is 3.43. The van der Waals surface area contributed by atoms with Crippen LogP contribution in [0.3, 0.4) is 0 Å². The van der Waals surface area contributed by atoms with Gasteiger partial charge in [-0.25, -0.2) is 0 Å². The van der Waals surface area contributed by atoms with Crippen LogP contribution in [0.1, 0.15) is 12.5 Å². The van der Waals surface area contributed by atoms with E-state index in [0.717, 1.165) is 24.0 Å². The molecule has 0 spiro atoms. The molecule has 0 amide bonds. The predicted molar refractivity (Wildman–Crippen MR) is 67.2 cm³/mol. The Labute approximate surface area is 100 Å². The number of hydrogen-bond donors (Lipinski definition) is 1. The Balaban J connectivity index is 2.22. The first-order chi connectivity index (χ1) is 7.22. The number of ether oxygens (including phenoxy) is 1. The van der Waals surface area contributed by atoms with E-state index in [1.807, 2.05) is 0 Å². The van der Waals surface area contributed by atoms with E-state index in [1.54, 1.807) is 7.11 Å². The first-order valence-electron chi connectivity index (χ1n) is 5.19. The molecule has 0 aliphatic carbocycles. The fourth-order valence-corrected chi connectivity index (χ4v) is 1.69. The summed E-state index contributed by atoms with van der Waals surface area (Å²) in [6.45, 7) is 3.89. The molecule has 0 saturated heterocycles. The summed E-state index contributed by atoms with van der Waals surface area (Å²) in [5.41, 5.74) is 1.36. The van der Waals surface area contributed by atoms with E-state index in [9.17, 15) is 0 Å². The minimum absolute atomic E-state index is 0.422. The van der Waals surface area contributed by atoms with E-state index < -0.39 is 0 Å². The zero-order valence-electron chi connectivity index (χ0n) is 9.29. The molecule has 1 aromatic carbocycles. The lowest BCUT2D eigenvalue weighted by Crippen LogP contribution is -2.31. The fourth-order valence-electron chi connectivity index (χ4n) is 1.42. The molecule has 84 valence electrons. The summed E-state index contributed by atoms with van der Waals surface area (Å²) in [7, 11) is 1.73. The van der Waals surface area contributed by atoms with Gasteiger partial charge in [-0.2, -0.15) is 0 Å². The second-order valence-corrected chi connectivity index (χ2v) is 4.60. The number of nitrogens with one attached hydrogen (secondary N) is 1. The Morgan fingerprint density at radius 2 is 2.00 bits per heavy atom. The van der Waals surface area contributed by atoms with E-state index in [2.05, 4.69) is 52.4 Å². The zero-order valence-corrected chi connectivity index (χ0v) is 10.9. The van der Waals surface area contributed by atoms with Gasteiger partial charge in [0.15, 0.2) is 0 Å². The Kier molecular flexibility index (Phi) is 5.91. The van der Waals surface area contributed by atoms with Crippen molar-refractivity contribution in [2.24, 2.45) is 0 Å². The van der Waals surface area contributed by atoms with Crippen LogP contribution in [-0.4, -0.2) is 26.3 Å². The van der Waals surface area contributed by atoms with E-state index in [-0.39, 0.29) is 0 Å². The summed E-state index contributed by atoms with van der Waals surface area (Å²) in [4.78, 5) is 0. The van der Waals surface area contributed by atoms with Gasteiger partial charge >= 0.3 is 0 Å². The van der Waals surface area contributed by atoms with Crippen molar-refractivity contribution in [2.75, 3.05) is 20.3 Å². The SMILES string of the molecule is COCC(C)NCCc1ccc(Br)cc1. The van der Waals surface area contributed by atoms with Crippen LogP contribution in [0, 0.1) is 0 Å². The molecule has 0 radical (unpaired) electrons. The van der Waals surface area contributed by atoms with Crippen molar-refractivity contribution in [1.82, 2.24) is 5.32 Å². The first-order valence-corrected chi connectivity index (χ1v) is 5.98. The molecule has 0 aromatic heterocycles. The van der Waals surface area contributed by atoms with Crippen molar-refractivity contribution in [3.8, 4) is 0 Å².